The van der Waals surface area contributed by atoms with Crippen molar-refractivity contribution in [2.45, 2.75) is 26.3 Å². The number of methoxy groups -OCH3 is 1. The highest BCUT2D eigenvalue weighted by Gasteiger charge is 2.26. The minimum Gasteiger partial charge on any atom is -0.497 e. The number of esters is 1. The molecule has 0 atom stereocenters. The van der Waals surface area contributed by atoms with Gasteiger partial charge < -0.3 is 9.47 Å². The molecule has 0 saturated carbocycles. The van der Waals surface area contributed by atoms with Crippen LogP contribution in [-0.2, 0) is 16.1 Å². The predicted molar refractivity (Wildman–Crippen MR) is 95.2 cm³/mol. The van der Waals surface area contributed by atoms with Crippen molar-refractivity contribution in [3.8, 4) is 17.0 Å². The Morgan fingerprint density at radius 3 is 2.81 bits per heavy atom. The number of carbonyl (C=O) groups excluding carboxylic acids is 1. The molecule has 0 aliphatic carbocycles. The molecule has 0 amide bonds. The van der Waals surface area contributed by atoms with Crippen molar-refractivity contribution in [2.75, 3.05) is 26.8 Å². The minimum absolute atomic E-state index is 0.0194. The number of likely N-dealkylation sites (tertiary alicyclic amines) is 1. The van der Waals surface area contributed by atoms with Crippen molar-refractivity contribution in [3.05, 3.63) is 35.8 Å². The molecule has 0 spiro atoms. The van der Waals surface area contributed by atoms with Gasteiger partial charge in [0.15, 0.2) is 0 Å². The Morgan fingerprint density at radius 1 is 1.38 bits per heavy atom. The number of rotatable bonds is 6. The molecule has 6 nitrogen and oxygen atoms in total. The van der Waals surface area contributed by atoms with Crippen molar-refractivity contribution >= 4 is 5.97 Å². The second-order valence-corrected chi connectivity index (χ2v) is 6.42. The molecule has 1 aliphatic rings. The van der Waals surface area contributed by atoms with E-state index in [4.69, 9.17) is 9.47 Å². The van der Waals surface area contributed by atoms with Crippen LogP contribution in [0.3, 0.4) is 0 Å². The van der Waals surface area contributed by atoms with E-state index in [1.165, 1.54) is 13.2 Å². The molecule has 1 N–H and O–H groups in total. The fraction of sp³-hybridized carbons (Fsp3) is 0.474. The predicted octanol–water partition coefficient (Wildman–Crippen LogP) is 3.00. The van der Waals surface area contributed by atoms with Gasteiger partial charge in [-0.1, -0.05) is 0 Å². The topological polar surface area (TPSA) is 67.5 Å². The molecule has 140 valence electrons. The normalized spacial score (nSPS) is 15.8. The van der Waals surface area contributed by atoms with E-state index in [2.05, 4.69) is 15.1 Å². The van der Waals surface area contributed by atoms with Gasteiger partial charge in [0.25, 0.3) is 0 Å². The first-order chi connectivity index (χ1) is 12.6. The summed E-state index contributed by atoms with van der Waals surface area (Å²) in [7, 11) is 1.51. The van der Waals surface area contributed by atoms with Gasteiger partial charge in [0, 0.05) is 23.7 Å². The van der Waals surface area contributed by atoms with Crippen molar-refractivity contribution < 1.29 is 18.7 Å². The lowest BCUT2D eigenvalue weighted by Crippen LogP contribution is -2.36. The Kier molecular flexibility index (Phi) is 5.88. The second-order valence-electron chi connectivity index (χ2n) is 6.42. The van der Waals surface area contributed by atoms with Crippen LogP contribution >= 0.6 is 0 Å². The third-order valence-corrected chi connectivity index (χ3v) is 4.76. The van der Waals surface area contributed by atoms with Crippen LogP contribution in [0, 0.1) is 11.7 Å². The van der Waals surface area contributed by atoms with Crippen LogP contribution in [0.2, 0.25) is 0 Å². The summed E-state index contributed by atoms with van der Waals surface area (Å²) >= 11 is 0. The van der Waals surface area contributed by atoms with E-state index in [-0.39, 0.29) is 17.7 Å². The van der Waals surface area contributed by atoms with Crippen LogP contribution in [0.15, 0.2) is 24.4 Å². The fourth-order valence-electron chi connectivity index (χ4n) is 3.32. The van der Waals surface area contributed by atoms with Crippen molar-refractivity contribution in [1.29, 1.82) is 0 Å². The van der Waals surface area contributed by atoms with Crippen LogP contribution < -0.4 is 4.74 Å². The molecular weight excluding hydrogens is 337 g/mol. The van der Waals surface area contributed by atoms with Crippen LogP contribution in [0.5, 0.6) is 5.75 Å². The molecular formula is C19H24FN3O3. The Balaban J connectivity index is 1.66. The first-order valence-corrected chi connectivity index (χ1v) is 8.87. The molecule has 3 rings (SSSR count). The maximum atomic E-state index is 14.4. The van der Waals surface area contributed by atoms with Crippen molar-refractivity contribution in [3.63, 3.8) is 0 Å². The number of benzene rings is 1. The van der Waals surface area contributed by atoms with E-state index < -0.39 is 0 Å². The number of aromatic nitrogens is 2. The van der Waals surface area contributed by atoms with Gasteiger partial charge in [0.05, 0.1) is 31.5 Å². The lowest BCUT2D eigenvalue weighted by atomic mass is 9.96. The Labute approximate surface area is 152 Å². The van der Waals surface area contributed by atoms with Gasteiger partial charge >= 0.3 is 5.97 Å². The van der Waals surface area contributed by atoms with Gasteiger partial charge in [-0.05, 0) is 45.0 Å². The van der Waals surface area contributed by atoms with Crippen LogP contribution in [-0.4, -0.2) is 47.9 Å². The van der Waals surface area contributed by atoms with Crippen LogP contribution in [0.4, 0.5) is 4.39 Å². The summed E-state index contributed by atoms with van der Waals surface area (Å²) in [6.07, 6.45) is 3.29. The minimum atomic E-state index is -0.351. The largest absolute Gasteiger partial charge is 0.497 e. The Hall–Kier alpha value is -2.41. The maximum Gasteiger partial charge on any atom is 0.309 e. The summed E-state index contributed by atoms with van der Waals surface area (Å²) in [6, 6.07) is 4.79. The molecule has 1 aromatic carbocycles. The number of carbonyl (C=O) groups is 1. The third-order valence-electron chi connectivity index (χ3n) is 4.76. The number of piperidine rings is 1. The molecule has 0 bridgehead atoms. The number of ether oxygens (including phenoxy) is 2. The summed E-state index contributed by atoms with van der Waals surface area (Å²) in [5.74, 6) is 0.00901. The monoisotopic (exact) mass is 361 g/mol. The molecule has 2 aromatic rings. The SMILES string of the molecule is CCOC(=O)C1CCN(Cc2cn[nH]c2-c2ccc(OC)cc2F)CC1. The molecule has 1 fully saturated rings. The number of H-pyrrole nitrogens is 1. The van der Waals surface area contributed by atoms with Gasteiger partial charge in [-0.25, -0.2) is 4.39 Å². The quantitative estimate of drug-likeness (QED) is 0.801. The van der Waals surface area contributed by atoms with E-state index in [1.54, 1.807) is 18.3 Å². The zero-order valence-electron chi connectivity index (χ0n) is 15.1. The average molecular weight is 361 g/mol. The highest BCUT2D eigenvalue weighted by atomic mass is 19.1. The highest BCUT2D eigenvalue weighted by molar-refractivity contribution is 5.72. The first kappa shape index (κ1) is 18.4. The highest BCUT2D eigenvalue weighted by Crippen LogP contribution is 2.29. The van der Waals surface area contributed by atoms with Crippen molar-refractivity contribution in [1.82, 2.24) is 15.1 Å². The van der Waals surface area contributed by atoms with E-state index in [0.29, 0.717) is 30.2 Å². The van der Waals surface area contributed by atoms with Crippen LogP contribution in [0.25, 0.3) is 11.3 Å². The first-order valence-electron chi connectivity index (χ1n) is 8.87. The third kappa shape index (κ3) is 4.04. The molecule has 0 radical (unpaired) electrons. The number of halogens is 1. The zero-order chi connectivity index (χ0) is 18.5. The summed E-state index contributed by atoms with van der Waals surface area (Å²) in [5.41, 5.74) is 2.08. The van der Waals surface area contributed by atoms with Gasteiger partial charge in [0.1, 0.15) is 11.6 Å². The average Bonchev–Trinajstić information content (AvgIpc) is 3.10. The van der Waals surface area contributed by atoms with E-state index in [1.807, 2.05) is 6.92 Å². The van der Waals surface area contributed by atoms with E-state index in [0.717, 1.165) is 31.5 Å². The number of aromatic amines is 1. The zero-order valence-corrected chi connectivity index (χ0v) is 15.1. The van der Waals surface area contributed by atoms with Crippen molar-refractivity contribution in [2.24, 2.45) is 5.92 Å². The van der Waals surface area contributed by atoms with Gasteiger partial charge in [-0.2, -0.15) is 5.10 Å². The summed E-state index contributed by atoms with van der Waals surface area (Å²) in [4.78, 5) is 14.1. The molecule has 1 saturated heterocycles. The van der Waals surface area contributed by atoms with E-state index >= 15 is 0 Å². The van der Waals surface area contributed by atoms with Gasteiger partial charge in [-0.15, -0.1) is 0 Å². The number of hydrogen-bond donors (Lipinski definition) is 1. The molecule has 1 aliphatic heterocycles. The lowest BCUT2D eigenvalue weighted by Gasteiger charge is -2.30. The summed E-state index contributed by atoms with van der Waals surface area (Å²) < 4.78 is 24.5. The molecule has 1 aromatic heterocycles. The molecule has 7 heteroatoms. The summed E-state index contributed by atoms with van der Waals surface area (Å²) in [6.45, 7) is 4.52. The standard InChI is InChI=1S/C19H24FN3O3/c1-3-26-19(24)13-6-8-23(9-7-13)12-14-11-21-22-18(14)16-5-4-15(25-2)10-17(16)20/h4-5,10-11,13H,3,6-9,12H2,1-2H3,(H,21,22). The van der Waals surface area contributed by atoms with Gasteiger partial charge in [0.2, 0.25) is 0 Å². The molecule has 0 unspecified atom stereocenters. The maximum absolute atomic E-state index is 14.4. The Bertz CT molecular complexity index is 754. The summed E-state index contributed by atoms with van der Waals surface area (Å²) in [5, 5.41) is 6.99. The number of nitrogens with one attached hydrogen (secondary N) is 1. The number of nitrogens with zero attached hydrogens (tertiary/aromatic N) is 2. The van der Waals surface area contributed by atoms with Gasteiger partial charge in [-0.3, -0.25) is 14.8 Å². The fourth-order valence-corrected chi connectivity index (χ4v) is 3.32. The van der Waals surface area contributed by atoms with Crippen LogP contribution in [0.1, 0.15) is 25.3 Å². The molecule has 2 heterocycles. The Morgan fingerprint density at radius 2 is 2.15 bits per heavy atom. The lowest BCUT2D eigenvalue weighted by molar-refractivity contribution is -0.149. The molecule has 26 heavy (non-hydrogen) atoms. The second kappa shape index (κ2) is 8.31. The number of hydrogen-bond acceptors (Lipinski definition) is 5. The van der Waals surface area contributed by atoms with E-state index in [9.17, 15) is 9.18 Å². The smallest absolute Gasteiger partial charge is 0.309 e.